The normalized spacial score (nSPS) is 15.4. The number of nitrogens with zero attached hydrogens (tertiary/aromatic N) is 1. The highest BCUT2D eigenvalue weighted by atomic mass is 16.1. The van der Waals surface area contributed by atoms with Crippen LogP contribution in [-0.4, -0.2) is 11.9 Å². The maximum atomic E-state index is 11.7. The maximum absolute atomic E-state index is 11.7. The lowest BCUT2D eigenvalue weighted by Gasteiger charge is -2.27. The van der Waals surface area contributed by atoms with Crippen molar-refractivity contribution < 1.29 is 4.79 Å². The smallest absolute Gasteiger partial charge is 0.221 e. The molecule has 0 heterocycles. The van der Waals surface area contributed by atoms with E-state index in [1.54, 1.807) is 0 Å². The average Bonchev–Trinajstić information content (AvgIpc) is 2.11. The van der Waals surface area contributed by atoms with Crippen LogP contribution < -0.4 is 5.32 Å². The molecule has 1 amide bonds. The van der Waals surface area contributed by atoms with Gasteiger partial charge in [0.15, 0.2) is 0 Å². The van der Waals surface area contributed by atoms with Crippen LogP contribution in [0.3, 0.4) is 0 Å². The van der Waals surface area contributed by atoms with Crippen LogP contribution >= 0.6 is 0 Å². The standard InChI is InChI=1S/C13H24N2O/c1-9(2)11(8-14)15-12(16)7-10(3)13(4,5)6/h9-11H,7H2,1-6H3,(H,15,16)/t10-,11+/m1/s1. The van der Waals surface area contributed by atoms with Gasteiger partial charge in [-0.3, -0.25) is 4.79 Å². The summed E-state index contributed by atoms with van der Waals surface area (Å²) < 4.78 is 0. The molecule has 0 aliphatic rings. The molecule has 0 unspecified atom stereocenters. The molecule has 0 saturated heterocycles. The summed E-state index contributed by atoms with van der Waals surface area (Å²) in [5.41, 5.74) is 0.122. The summed E-state index contributed by atoms with van der Waals surface area (Å²) >= 11 is 0. The number of rotatable bonds is 4. The molecule has 0 spiro atoms. The fraction of sp³-hybridized carbons (Fsp3) is 0.846. The van der Waals surface area contributed by atoms with Crippen molar-refractivity contribution in [3.63, 3.8) is 0 Å². The molecule has 0 radical (unpaired) electrons. The Balaban J connectivity index is 4.25. The Morgan fingerprint density at radius 1 is 1.31 bits per heavy atom. The third kappa shape index (κ3) is 5.16. The molecule has 92 valence electrons. The Labute approximate surface area is 99.2 Å². The zero-order valence-corrected chi connectivity index (χ0v) is 11.3. The Morgan fingerprint density at radius 2 is 1.81 bits per heavy atom. The zero-order chi connectivity index (χ0) is 12.9. The minimum atomic E-state index is -0.375. The first-order valence-corrected chi connectivity index (χ1v) is 5.87. The van der Waals surface area contributed by atoms with Gasteiger partial charge in [-0.05, 0) is 17.3 Å². The van der Waals surface area contributed by atoms with Gasteiger partial charge >= 0.3 is 0 Å². The van der Waals surface area contributed by atoms with Crippen LogP contribution in [0.2, 0.25) is 0 Å². The molecule has 0 aliphatic carbocycles. The second kappa shape index (κ2) is 5.89. The monoisotopic (exact) mass is 224 g/mol. The number of amides is 1. The summed E-state index contributed by atoms with van der Waals surface area (Å²) in [6.07, 6.45) is 0.481. The van der Waals surface area contributed by atoms with E-state index >= 15 is 0 Å². The van der Waals surface area contributed by atoms with E-state index in [4.69, 9.17) is 5.26 Å². The van der Waals surface area contributed by atoms with E-state index in [9.17, 15) is 4.79 Å². The van der Waals surface area contributed by atoms with E-state index in [1.165, 1.54) is 0 Å². The first-order valence-electron chi connectivity index (χ1n) is 5.87. The molecular formula is C13H24N2O. The third-order valence-corrected chi connectivity index (χ3v) is 3.09. The molecule has 0 bridgehead atoms. The van der Waals surface area contributed by atoms with Crippen molar-refractivity contribution >= 4 is 5.91 Å². The van der Waals surface area contributed by atoms with Gasteiger partial charge in [-0.15, -0.1) is 0 Å². The predicted octanol–water partition coefficient (Wildman–Crippen LogP) is 2.72. The van der Waals surface area contributed by atoms with Crippen molar-refractivity contribution in [1.82, 2.24) is 5.32 Å². The lowest BCUT2D eigenvalue weighted by molar-refractivity contribution is -0.123. The van der Waals surface area contributed by atoms with Crippen molar-refractivity contribution in [1.29, 1.82) is 5.26 Å². The molecule has 0 aromatic rings. The summed E-state index contributed by atoms with van der Waals surface area (Å²) in [7, 11) is 0. The van der Waals surface area contributed by atoms with Gasteiger partial charge in [-0.25, -0.2) is 0 Å². The summed E-state index contributed by atoms with van der Waals surface area (Å²) in [5.74, 6) is 0.431. The lowest BCUT2D eigenvalue weighted by Crippen LogP contribution is -2.39. The van der Waals surface area contributed by atoms with Gasteiger partial charge in [0.1, 0.15) is 6.04 Å². The van der Waals surface area contributed by atoms with Gasteiger partial charge in [0.05, 0.1) is 6.07 Å². The van der Waals surface area contributed by atoms with Gasteiger partial charge < -0.3 is 5.32 Å². The van der Waals surface area contributed by atoms with Gasteiger partial charge in [0.2, 0.25) is 5.91 Å². The van der Waals surface area contributed by atoms with Crippen LogP contribution in [0, 0.1) is 28.6 Å². The van der Waals surface area contributed by atoms with E-state index < -0.39 is 0 Å². The Bertz CT molecular complexity index is 271. The molecule has 1 N–H and O–H groups in total. The molecule has 0 fully saturated rings. The number of nitriles is 1. The molecule has 0 aromatic carbocycles. The topological polar surface area (TPSA) is 52.9 Å². The highest BCUT2D eigenvalue weighted by molar-refractivity contribution is 5.76. The van der Waals surface area contributed by atoms with E-state index in [2.05, 4.69) is 39.1 Å². The van der Waals surface area contributed by atoms with Crippen LogP contribution in [0.15, 0.2) is 0 Å². The molecular weight excluding hydrogens is 200 g/mol. The van der Waals surface area contributed by atoms with Gasteiger partial charge in [0, 0.05) is 6.42 Å². The minimum Gasteiger partial charge on any atom is -0.340 e. The quantitative estimate of drug-likeness (QED) is 0.798. The van der Waals surface area contributed by atoms with Crippen molar-refractivity contribution in [2.75, 3.05) is 0 Å². The molecule has 0 saturated carbocycles. The van der Waals surface area contributed by atoms with E-state index in [-0.39, 0.29) is 23.3 Å². The second-order valence-electron chi connectivity index (χ2n) is 5.89. The van der Waals surface area contributed by atoms with E-state index in [0.29, 0.717) is 12.3 Å². The lowest BCUT2D eigenvalue weighted by atomic mass is 9.80. The number of nitrogens with one attached hydrogen (secondary N) is 1. The fourth-order valence-electron chi connectivity index (χ4n) is 1.16. The third-order valence-electron chi connectivity index (χ3n) is 3.09. The fourth-order valence-corrected chi connectivity index (χ4v) is 1.16. The summed E-state index contributed by atoms with van der Waals surface area (Å²) in [5, 5.41) is 11.6. The molecule has 3 nitrogen and oxygen atoms in total. The summed E-state index contributed by atoms with van der Waals surface area (Å²) in [6, 6.07) is 1.74. The highest BCUT2D eigenvalue weighted by Gasteiger charge is 2.24. The molecule has 3 heteroatoms. The number of hydrogen-bond acceptors (Lipinski definition) is 2. The summed E-state index contributed by atoms with van der Waals surface area (Å²) in [4.78, 5) is 11.7. The maximum Gasteiger partial charge on any atom is 0.221 e. The Hall–Kier alpha value is -1.04. The second-order valence-corrected chi connectivity index (χ2v) is 5.89. The van der Waals surface area contributed by atoms with Crippen LogP contribution in [-0.2, 0) is 4.79 Å². The Kier molecular flexibility index (Phi) is 5.50. The van der Waals surface area contributed by atoms with Crippen molar-refractivity contribution in [3.05, 3.63) is 0 Å². The van der Waals surface area contributed by atoms with Gasteiger partial charge in [0.25, 0.3) is 0 Å². The van der Waals surface area contributed by atoms with Crippen LogP contribution in [0.4, 0.5) is 0 Å². The van der Waals surface area contributed by atoms with Crippen LogP contribution in [0.25, 0.3) is 0 Å². The largest absolute Gasteiger partial charge is 0.340 e. The van der Waals surface area contributed by atoms with Crippen LogP contribution in [0.1, 0.15) is 48.0 Å². The Morgan fingerprint density at radius 3 is 2.12 bits per heavy atom. The first kappa shape index (κ1) is 15.0. The first-order chi connectivity index (χ1) is 7.18. The van der Waals surface area contributed by atoms with Crippen LogP contribution in [0.5, 0.6) is 0 Å². The average molecular weight is 224 g/mol. The number of hydrogen-bond donors (Lipinski definition) is 1. The number of carbonyl (C=O) groups is 1. The highest BCUT2D eigenvalue weighted by Crippen LogP contribution is 2.27. The predicted molar refractivity (Wildman–Crippen MR) is 65.6 cm³/mol. The molecule has 16 heavy (non-hydrogen) atoms. The molecule has 0 rings (SSSR count). The summed E-state index contributed by atoms with van der Waals surface area (Å²) in [6.45, 7) is 12.3. The SMILES string of the molecule is CC(C)[C@H](C#N)NC(=O)C[C@@H](C)C(C)(C)C. The van der Waals surface area contributed by atoms with E-state index in [1.807, 2.05) is 13.8 Å². The van der Waals surface area contributed by atoms with Crippen molar-refractivity contribution in [2.45, 2.75) is 54.0 Å². The van der Waals surface area contributed by atoms with Crippen molar-refractivity contribution in [2.24, 2.45) is 17.3 Å². The zero-order valence-electron chi connectivity index (χ0n) is 11.3. The van der Waals surface area contributed by atoms with Gasteiger partial charge in [-0.2, -0.15) is 5.26 Å². The number of carbonyl (C=O) groups excluding carboxylic acids is 1. The van der Waals surface area contributed by atoms with Crippen molar-refractivity contribution in [3.8, 4) is 6.07 Å². The molecule has 2 atom stereocenters. The van der Waals surface area contributed by atoms with Gasteiger partial charge in [-0.1, -0.05) is 41.5 Å². The molecule has 0 aromatic heterocycles. The van der Waals surface area contributed by atoms with E-state index in [0.717, 1.165) is 0 Å². The minimum absolute atomic E-state index is 0.0253. The molecule has 0 aliphatic heterocycles.